The third-order valence-electron chi connectivity index (χ3n) is 10.8. The molecule has 0 fully saturated rings. The summed E-state index contributed by atoms with van der Waals surface area (Å²) < 4.78 is 0. The molecule has 0 atom stereocenters. The van der Waals surface area contributed by atoms with Crippen molar-refractivity contribution in [1.29, 1.82) is 0 Å². The highest BCUT2D eigenvalue weighted by Crippen LogP contribution is 2.19. The van der Waals surface area contributed by atoms with E-state index >= 15 is 0 Å². The van der Waals surface area contributed by atoms with Crippen molar-refractivity contribution >= 4 is 12.4 Å². The molecular formula is C45H86ClN. The summed E-state index contributed by atoms with van der Waals surface area (Å²) >= 11 is 0. The average Bonchev–Trinajstić information content (AvgIpc) is 3.06. The minimum Gasteiger partial charge on any atom is -0.299 e. The minimum atomic E-state index is 0. The predicted octanol–water partition coefficient (Wildman–Crippen LogP) is 16.1. The first kappa shape index (κ1) is 46.5. The highest BCUT2D eigenvalue weighted by Gasteiger charge is 2.09. The van der Waals surface area contributed by atoms with Gasteiger partial charge in [0.25, 0.3) is 0 Å². The van der Waals surface area contributed by atoms with Crippen LogP contribution in [-0.4, -0.2) is 18.0 Å². The monoisotopic (exact) mass is 676 g/mol. The number of unbranched alkanes of at least 4 members (excludes halogenated alkanes) is 30. The summed E-state index contributed by atoms with van der Waals surface area (Å²) in [7, 11) is 0. The fraction of sp³-hybridized carbons (Fsp3) is 0.867. The van der Waals surface area contributed by atoms with Crippen LogP contribution in [0, 0.1) is 13.8 Å². The lowest BCUT2D eigenvalue weighted by molar-refractivity contribution is 0.251. The van der Waals surface area contributed by atoms with Gasteiger partial charge in [-0.1, -0.05) is 225 Å². The second-order valence-electron chi connectivity index (χ2n) is 15.2. The Morgan fingerprint density at radius 2 is 0.660 bits per heavy atom. The van der Waals surface area contributed by atoms with Crippen molar-refractivity contribution < 1.29 is 0 Å². The van der Waals surface area contributed by atoms with Crippen molar-refractivity contribution in [3.63, 3.8) is 0 Å². The van der Waals surface area contributed by atoms with Gasteiger partial charge in [0.2, 0.25) is 0 Å². The van der Waals surface area contributed by atoms with Gasteiger partial charge in [0, 0.05) is 6.54 Å². The Kier molecular flexibility index (Phi) is 36.3. The molecule has 0 spiro atoms. The molecule has 0 radical (unpaired) electrons. The van der Waals surface area contributed by atoms with Crippen molar-refractivity contribution in [2.45, 2.75) is 240 Å². The van der Waals surface area contributed by atoms with E-state index in [1.165, 1.54) is 230 Å². The van der Waals surface area contributed by atoms with Crippen LogP contribution in [0.2, 0.25) is 0 Å². The SMILES string of the molecule is CCCCCCCCCCCCCCCCCCN(CCCCCCCCCCCCCCCCCC)Cc1cccc(C)c1C.Cl. The van der Waals surface area contributed by atoms with E-state index in [-0.39, 0.29) is 12.4 Å². The quantitative estimate of drug-likeness (QED) is 0.0640. The summed E-state index contributed by atoms with van der Waals surface area (Å²) in [5.41, 5.74) is 4.50. The molecule has 0 saturated heterocycles. The van der Waals surface area contributed by atoms with Gasteiger partial charge in [-0.2, -0.15) is 0 Å². The smallest absolute Gasteiger partial charge is 0.0236 e. The number of halogens is 1. The maximum atomic E-state index is 2.79. The molecule has 0 amide bonds. The maximum Gasteiger partial charge on any atom is 0.0236 e. The van der Waals surface area contributed by atoms with Crippen LogP contribution in [0.15, 0.2) is 18.2 Å². The van der Waals surface area contributed by atoms with E-state index < -0.39 is 0 Å². The Balaban J connectivity index is 0.0000212. The summed E-state index contributed by atoms with van der Waals surface area (Å²) in [6, 6.07) is 6.91. The Morgan fingerprint density at radius 3 is 0.957 bits per heavy atom. The lowest BCUT2D eigenvalue weighted by atomic mass is 10.0. The van der Waals surface area contributed by atoms with Gasteiger partial charge in [0.15, 0.2) is 0 Å². The van der Waals surface area contributed by atoms with Gasteiger partial charge < -0.3 is 0 Å². The zero-order valence-corrected chi connectivity index (χ0v) is 33.7. The zero-order valence-electron chi connectivity index (χ0n) is 32.8. The van der Waals surface area contributed by atoms with Gasteiger partial charge in [0.1, 0.15) is 0 Å². The van der Waals surface area contributed by atoms with Crippen molar-refractivity contribution in [2.75, 3.05) is 13.1 Å². The third kappa shape index (κ3) is 30.1. The number of aryl methyl sites for hydroxylation is 1. The van der Waals surface area contributed by atoms with Crippen molar-refractivity contribution in [2.24, 2.45) is 0 Å². The topological polar surface area (TPSA) is 3.24 Å². The van der Waals surface area contributed by atoms with Gasteiger partial charge in [-0.15, -0.1) is 12.4 Å². The Morgan fingerprint density at radius 1 is 0.383 bits per heavy atom. The average molecular weight is 677 g/mol. The Labute approximate surface area is 304 Å². The summed E-state index contributed by atoms with van der Waals surface area (Å²) in [5, 5.41) is 0. The van der Waals surface area contributed by atoms with E-state index in [9.17, 15) is 0 Å². The second-order valence-corrected chi connectivity index (χ2v) is 15.2. The second kappa shape index (κ2) is 36.7. The lowest BCUT2D eigenvalue weighted by Gasteiger charge is -2.24. The van der Waals surface area contributed by atoms with E-state index in [0.29, 0.717) is 0 Å². The van der Waals surface area contributed by atoms with Crippen LogP contribution < -0.4 is 0 Å². The Bertz CT molecular complexity index is 709. The molecule has 0 aliphatic rings. The summed E-state index contributed by atoms with van der Waals surface area (Å²) in [5.74, 6) is 0. The molecule has 0 aromatic heterocycles. The van der Waals surface area contributed by atoms with E-state index in [1.54, 1.807) is 5.56 Å². The van der Waals surface area contributed by atoms with E-state index in [2.05, 4.69) is 50.8 Å². The fourth-order valence-electron chi connectivity index (χ4n) is 7.26. The molecule has 1 nitrogen and oxygen atoms in total. The predicted molar refractivity (Wildman–Crippen MR) is 218 cm³/mol. The summed E-state index contributed by atoms with van der Waals surface area (Å²) in [6.07, 6.45) is 46.4. The molecule has 0 saturated carbocycles. The molecule has 0 heterocycles. The summed E-state index contributed by atoms with van der Waals surface area (Å²) in [6.45, 7) is 12.9. The van der Waals surface area contributed by atoms with Crippen LogP contribution in [0.3, 0.4) is 0 Å². The number of rotatable bonds is 36. The molecule has 0 N–H and O–H groups in total. The molecule has 278 valence electrons. The molecule has 2 heteroatoms. The molecule has 0 unspecified atom stereocenters. The third-order valence-corrected chi connectivity index (χ3v) is 10.8. The first-order valence-corrected chi connectivity index (χ1v) is 21.5. The van der Waals surface area contributed by atoms with Crippen LogP contribution in [0.1, 0.15) is 236 Å². The van der Waals surface area contributed by atoms with Crippen molar-refractivity contribution in [3.8, 4) is 0 Å². The van der Waals surface area contributed by atoms with E-state index in [0.717, 1.165) is 6.54 Å². The molecule has 0 bridgehead atoms. The summed E-state index contributed by atoms with van der Waals surface area (Å²) in [4.78, 5) is 2.79. The minimum absolute atomic E-state index is 0. The van der Waals surface area contributed by atoms with Crippen LogP contribution in [-0.2, 0) is 6.54 Å². The van der Waals surface area contributed by atoms with Gasteiger partial charge in [-0.05, 0) is 56.5 Å². The van der Waals surface area contributed by atoms with Gasteiger partial charge >= 0.3 is 0 Å². The fourth-order valence-corrected chi connectivity index (χ4v) is 7.26. The number of nitrogens with zero attached hydrogens (tertiary/aromatic N) is 1. The molecule has 1 aromatic rings. The van der Waals surface area contributed by atoms with E-state index in [4.69, 9.17) is 0 Å². The molecule has 1 rings (SSSR count). The van der Waals surface area contributed by atoms with Crippen LogP contribution in [0.25, 0.3) is 0 Å². The molecular weight excluding hydrogens is 590 g/mol. The van der Waals surface area contributed by atoms with Crippen LogP contribution >= 0.6 is 12.4 Å². The number of benzene rings is 1. The molecule has 0 aliphatic heterocycles. The van der Waals surface area contributed by atoms with E-state index in [1.807, 2.05) is 0 Å². The number of hydrogen-bond acceptors (Lipinski definition) is 1. The normalized spacial score (nSPS) is 11.4. The molecule has 0 aliphatic carbocycles. The zero-order chi connectivity index (χ0) is 33.2. The van der Waals surface area contributed by atoms with Gasteiger partial charge in [-0.3, -0.25) is 4.90 Å². The lowest BCUT2D eigenvalue weighted by Crippen LogP contribution is -2.26. The largest absolute Gasteiger partial charge is 0.299 e. The van der Waals surface area contributed by atoms with Crippen LogP contribution in [0.5, 0.6) is 0 Å². The molecule has 47 heavy (non-hydrogen) atoms. The first-order chi connectivity index (χ1) is 22.7. The van der Waals surface area contributed by atoms with Crippen molar-refractivity contribution in [3.05, 3.63) is 34.9 Å². The standard InChI is InChI=1S/C45H85N.ClH/c1-5-7-9-11-13-15-17-19-21-23-25-27-29-31-33-35-40-46(42-45-39-37-38-43(3)44(45)4)41-36-34-32-30-28-26-24-22-20-18-16-14-12-10-8-6-2;/h37-39H,5-36,40-42H2,1-4H3;1H. The molecule has 1 aromatic carbocycles. The van der Waals surface area contributed by atoms with Gasteiger partial charge in [0.05, 0.1) is 0 Å². The highest BCUT2D eigenvalue weighted by molar-refractivity contribution is 5.85. The maximum absolute atomic E-state index is 2.79. The van der Waals surface area contributed by atoms with Crippen LogP contribution in [0.4, 0.5) is 0 Å². The van der Waals surface area contributed by atoms with Crippen molar-refractivity contribution in [1.82, 2.24) is 4.90 Å². The van der Waals surface area contributed by atoms with Gasteiger partial charge in [-0.25, -0.2) is 0 Å². The Hall–Kier alpha value is -0.530. The number of hydrogen-bond donors (Lipinski definition) is 0. The first-order valence-electron chi connectivity index (χ1n) is 21.5. The highest BCUT2D eigenvalue weighted by atomic mass is 35.5.